The Morgan fingerprint density at radius 2 is 0.555 bits per heavy atom. The van der Waals surface area contributed by atoms with Crippen molar-refractivity contribution in [3.63, 3.8) is 0 Å². The smallest absolute Gasteiger partial charge is 0.327 e. The number of hydrogen-bond donors (Lipinski definition) is 17. The molecule has 1 unspecified atom stereocenters. The molecule has 0 aliphatic carbocycles. The largest absolute Gasteiger partial charge is 0.480 e. The fraction of sp³-hybridized carbons (Fsp3) is 0.889. The minimum Gasteiger partial charge on any atom is -0.480 e. The fourth-order valence-electron chi connectivity index (χ4n) is 10.9. The minimum absolute atomic E-state index is 0.0439. The molecule has 0 saturated carbocycles. The molecule has 0 spiro atoms. The van der Waals surface area contributed by atoms with Crippen molar-refractivity contribution < 1.29 is 88.4 Å². The average molecular weight is 1600 g/mol. The molecule has 0 aromatic rings. The predicted octanol–water partition coefficient (Wildman–Crippen LogP) is 12.7. The van der Waals surface area contributed by atoms with Crippen LogP contribution in [0, 0.1) is 0 Å². The van der Waals surface area contributed by atoms with Crippen LogP contribution in [0.2, 0.25) is 0 Å². The molecule has 7 atom stereocenters. The average Bonchev–Trinajstić information content (AvgIpc) is 0.925. The number of nitrogens with two attached hydrogens (primary N) is 9. The van der Waals surface area contributed by atoms with Crippen molar-refractivity contribution in [1.29, 1.82) is 0 Å². The predicted molar refractivity (Wildman–Crippen MR) is 445 cm³/mol. The van der Waals surface area contributed by atoms with Crippen molar-refractivity contribution in [2.24, 2.45) is 51.6 Å². The second-order valence-corrected chi connectivity index (χ2v) is 29.9. The van der Waals surface area contributed by atoms with Crippen LogP contribution in [0.25, 0.3) is 0 Å². The summed E-state index contributed by atoms with van der Waals surface area (Å²) >= 11 is 1.30. The number of aliphatic hydroxyl groups is 1. The van der Waals surface area contributed by atoms with E-state index in [0.29, 0.717) is 71.1 Å². The Labute approximate surface area is 668 Å². The molecule has 0 heterocycles. The Kier molecular flexibility index (Phi) is 98.2. The standard InChI is InChI=1S/C54H103NO7S.4C6H14N2O2.C3H7NO3/c1-4-7-10-13-16-19-22-25-28-31-34-37-40-43-51(56)55-50(54(59)60)48-63-47-49(62-53(58)45-42-39-36-33-30-27-24-21-18-15-12-9-6-3)46-61-52(57)44-41-38-35-32-29-26-23-20-17-14-11-8-5-2;4*7-4-2-1-3-5(8)6(9)10;4-2(1-5)3(6)7/h49-50H,4-48H2,1-3H3,(H,55,56)(H,59,60);4*5H,1-4,7-8H2,(H,9,10);2,5H,1,4H2,(H,6,7)/t49?,50-;4*5-;2-/m000000/s1. The van der Waals surface area contributed by atoms with E-state index in [-0.39, 0.29) is 36.0 Å². The molecule has 0 aromatic heterocycles. The van der Waals surface area contributed by atoms with Gasteiger partial charge in [-0.25, -0.2) is 4.79 Å². The van der Waals surface area contributed by atoms with Crippen molar-refractivity contribution in [3.8, 4) is 0 Å². The van der Waals surface area contributed by atoms with Gasteiger partial charge in [-0.3, -0.25) is 38.4 Å². The fourth-order valence-corrected chi connectivity index (χ4v) is 11.9. The third-order valence-corrected chi connectivity index (χ3v) is 19.3. The summed E-state index contributed by atoms with van der Waals surface area (Å²) in [4.78, 5) is 101. The number of nitrogens with one attached hydrogen (secondary N) is 1. The normalized spacial score (nSPS) is 12.6. The minimum atomic E-state index is -1.18. The Hall–Kier alpha value is -4.82. The van der Waals surface area contributed by atoms with Gasteiger partial charge in [0.25, 0.3) is 0 Å². The summed E-state index contributed by atoms with van der Waals surface area (Å²) < 4.78 is 11.4. The van der Waals surface area contributed by atoms with Gasteiger partial charge in [0.15, 0.2) is 0 Å². The van der Waals surface area contributed by atoms with Gasteiger partial charge in [-0.05, 0) is 96.8 Å². The van der Waals surface area contributed by atoms with Gasteiger partial charge in [-0.1, -0.05) is 278 Å². The third kappa shape index (κ3) is 97.4. The van der Waals surface area contributed by atoms with Crippen LogP contribution in [0.15, 0.2) is 0 Å². The Bertz CT molecular complexity index is 2000. The lowest BCUT2D eigenvalue weighted by atomic mass is 10.0. The number of unbranched alkanes of at least 4 members (excludes halogenated alkanes) is 40. The number of carboxylic acids is 6. The first-order valence-corrected chi connectivity index (χ1v) is 43.7. The molecule has 26 N–H and O–H groups in total. The summed E-state index contributed by atoms with van der Waals surface area (Å²) in [7, 11) is 0. The Morgan fingerprint density at radius 3 is 0.782 bits per heavy atom. The van der Waals surface area contributed by atoms with E-state index in [1.54, 1.807) is 0 Å². The first-order chi connectivity index (χ1) is 52.7. The number of thioether (sulfide) groups is 1. The second kappa shape index (κ2) is 93.0. The van der Waals surface area contributed by atoms with Gasteiger partial charge in [0.2, 0.25) is 5.91 Å². The first-order valence-electron chi connectivity index (χ1n) is 42.5. The number of carbonyl (C=O) groups is 9. The number of aliphatic carboxylic acids is 6. The Balaban J connectivity index is -0.000000452. The van der Waals surface area contributed by atoms with Crippen LogP contribution in [0.3, 0.4) is 0 Å². The number of rotatable bonds is 73. The highest BCUT2D eigenvalue weighted by molar-refractivity contribution is 7.99. The Morgan fingerprint density at radius 1 is 0.309 bits per heavy atom. The van der Waals surface area contributed by atoms with Crippen LogP contribution in [-0.2, 0) is 52.6 Å². The molecule has 654 valence electrons. The highest BCUT2D eigenvalue weighted by Crippen LogP contribution is 2.19. The number of carbonyl (C=O) groups excluding carboxylic acids is 3. The molecule has 0 aromatic carbocycles. The van der Waals surface area contributed by atoms with E-state index in [0.717, 1.165) is 109 Å². The van der Waals surface area contributed by atoms with E-state index in [4.69, 9.17) is 91.7 Å². The van der Waals surface area contributed by atoms with Crippen LogP contribution in [0.5, 0.6) is 0 Å². The van der Waals surface area contributed by atoms with Crippen LogP contribution >= 0.6 is 11.8 Å². The molecular weight excluding hydrogens is 1430 g/mol. The molecule has 0 saturated heterocycles. The molecule has 1 amide bonds. The van der Waals surface area contributed by atoms with E-state index in [2.05, 4.69) is 26.1 Å². The monoisotopic (exact) mass is 1600 g/mol. The van der Waals surface area contributed by atoms with Crippen molar-refractivity contribution in [3.05, 3.63) is 0 Å². The molecule has 0 fully saturated rings. The van der Waals surface area contributed by atoms with E-state index >= 15 is 0 Å². The number of aliphatic hydroxyl groups excluding tert-OH is 1. The molecule has 0 aliphatic rings. The number of amides is 1. The summed E-state index contributed by atoms with van der Waals surface area (Å²) in [6, 6.07) is -5.03. The van der Waals surface area contributed by atoms with Gasteiger partial charge in [0, 0.05) is 30.8 Å². The van der Waals surface area contributed by atoms with Crippen molar-refractivity contribution in [2.75, 3.05) is 50.9 Å². The van der Waals surface area contributed by atoms with E-state index in [1.807, 2.05) is 0 Å². The zero-order valence-electron chi connectivity index (χ0n) is 69.1. The quantitative estimate of drug-likeness (QED) is 0.0199. The van der Waals surface area contributed by atoms with Gasteiger partial charge >= 0.3 is 47.8 Å². The molecule has 28 nitrogen and oxygen atoms in total. The topological polar surface area (TPSA) is 560 Å². The lowest BCUT2D eigenvalue weighted by Gasteiger charge is -2.19. The zero-order valence-corrected chi connectivity index (χ0v) is 69.9. The second-order valence-electron chi connectivity index (χ2n) is 28.8. The summed E-state index contributed by atoms with van der Waals surface area (Å²) in [6.45, 7) is 8.63. The van der Waals surface area contributed by atoms with E-state index in [1.165, 1.54) is 204 Å². The van der Waals surface area contributed by atoms with Crippen LogP contribution in [0.1, 0.15) is 367 Å². The summed E-state index contributed by atoms with van der Waals surface area (Å²) in [5.41, 5.74) is 46.4. The summed E-state index contributed by atoms with van der Waals surface area (Å²) in [6.07, 6.45) is 57.0. The molecular formula is C81H166N10O18S. The number of ether oxygens (including phenoxy) is 2. The van der Waals surface area contributed by atoms with Crippen LogP contribution < -0.4 is 56.9 Å². The third-order valence-electron chi connectivity index (χ3n) is 18.1. The van der Waals surface area contributed by atoms with Gasteiger partial charge < -0.3 is 102 Å². The number of hydrogen-bond acceptors (Lipinski definition) is 22. The maximum absolute atomic E-state index is 12.9. The van der Waals surface area contributed by atoms with E-state index in [9.17, 15) is 48.3 Å². The van der Waals surface area contributed by atoms with Crippen molar-refractivity contribution in [1.82, 2.24) is 5.32 Å². The van der Waals surface area contributed by atoms with Gasteiger partial charge in [-0.15, -0.1) is 0 Å². The van der Waals surface area contributed by atoms with Gasteiger partial charge in [0.1, 0.15) is 49.0 Å². The highest BCUT2D eigenvalue weighted by Gasteiger charge is 2.23. The van der Waals surface area contributed by atoms with Crippen molar-refractivity contribution >= 4 is 65.4 Å². The molecule has 29 heteroatoms. The SMILES string of the molecule is CCCCCCCCCCCCCCCC(=O)N[C@@H](CSCC(COC(=O)CCCCCCCCCCCCCCC)OC(=O)CCCCCCCCCCCCCCC)C(=O)O.NCCCC[C@H](N)C(=O)O.NCCCC[C@H](N)C(=O)O.NCCCC[C@H](N)C(=O)O.NCCCC[C@H](N)C(=O)O.N[C@@H](CO)C(=O)O. The molecule has 0 radical (unpaired) electrons. The molecule has 110 heavy (non-hydrogen) atoms. The molecule has 0 aliphatic heterocycles. The maximum atomic E-state index is 12.9. The number of esters is 2. The molecule has 0 rings (SSSR count). The summed E-state index contributed by atoms with van der Waals surface area (Å²) in [5, 5.41) is 61.8. The lowest BCUT2D eigenvalue weighted by Crippen LogP contribution is -2.42. The highest BCUT2D eigenvalue weighted by atomic mass is 32.2. The van der Waals surface area contributed by atoms with Gasteiger partial charge in [-0.2, -0.15) is 11.8 Å². The molecule has 0 bridgehead atoms. The van der Waals surface area contributed by atoms with Crippen LogP contribution in [-0.4, -0.2) is 183 Å². The first kappa shape index (κ1) is 116. The van der Waals surface area contributed by atoms with E-state index < -0.39 is 84.8 Å². The van der Waals surface area contributed by atoms with Crippen molar-refractivity contribution in [2.45, 2.75) is 410 Å². The van der Waals surface area contributed by atoms with Crippen LogP contribution in [0.4, 0.5) is 0 Å². The number of carboxylic acid groups (broad SMARTS) is 6. The maximum Gasteiger partial charge on any atom is 0.327 e. The van der Waals surface area contributed by atoms with Gasteiger partial charge in [0.05, 0.1) is 6.61 Å². The lowest BCUT2D eigenvalue weighted by molar-refractivity contribution is -0.157. The summed E-state index contributed by atoms with van der Waals surface area (Å²) in [5.74, 6) is -6.41. The zero-order chi connectivity index (χ0) is 83.9.